The van der Waals surface area contributed by atoms with Crippen molar-refractivity contribution in [2.75, 3.05) is 31.7 Å². The van der Waals surface area contributed by atoms with Crippen LogP contribution in [-0.2, 0) is 27.3 Å². The van der Waals surface area contributed by atoms with Crippen LogP contribution in [0.2, 0.25) is 0 Å². The molecule has 3 aliphatic rings. The molecule has 0 bridgehead atoms. The maximum Gasteiger partial charge on any atom is 0.225 e. The second kappa shape index (κ2) is 8.40. The van der Waals surface area contributed by atoms with Crippen LogP contribution < -0.4 is 4.90 Å². The van der Waals surface area contributed by atoms with Crippen LogP contribution in [0, 0.1) is 11.3 Å². The maximum atomic E-state index is 12.7. The molecule has 1 aromatic heterocycles. The van der Waals surface area contributed by atoms with E-state index in [1.165, 1.54) is 0 Å². The number of aromatic nitrogens is 1. The van der Waals surface area contributed by atoms with Gasteiger partial charge in [-0.2, -0.15) is 5.26 Å². The molecular weight excluding hydrogens is 392 g/mol. The molecule has 2 atom stereocenters. The Balaban J connectivity index is 1.68. The molecule has 1 saturated heterocycles. The predicted octanol–water partition coefficient (Wildman–Crippen LogP) is 3.14. The molecule has 2 aliphatic heterocycles. The fourth-order valence-electron chi connectivity index (χ4n) is 5.12. The number of piperazine rings is 1. The third-order valence-electron chi connectivity index (χ3n) is 6.74. The van der Waals surface area contributed by atoms with Crippen molar-refractivity contribution < 1.29 is 14.3 Å². The third-order valence-corrected chi connectivity index (χ3v) is 6.74. The number of amides is 1. The molecule has 31 heavy (non-hydrogen) atoms. The summed E-state index contributed by atoms with van der Waals surface area (Å²) in [7, 11) is 1.62. The van der Waals surface area contributed by atoms with Crippen molar-refractivity contribution in [1.29, 1.82) is 5.26 Å². The Hall–Kier alpha value is -2.17. The highest BCUT2D eigenvalue weighted by Crippen LogP contribution is 2.46. The number of carbonyl (C=O) groups is 1. The summed E-state index contributed by atoms with van der Waals surface area (Å²) >= 11 is 0. The second-order valence-corrected chi connectivity index (χ2v) is 9.91. The number of nitriles is 1. The maximum absolute atomic E-state index is 12.7. The standard InChI is InChI=1S/C24H34N4O3/c1-15-12-27(13-16(2)28(15)21(29)8-9-30-5)23-19(11-25)18-10-24(3,4)31-14-20(18)22(26-23)17-6-7-17/h15-17H,6-10,12-14H2,1-5H3/t15-,16+. The Bertz CT molecular complexity index is 891. The summed E-state index contributed by atoms with van der Waals surface area (Å²) in [5, 5.41) is 10.2. The Morgan fingerprint density at radius 3 is 2.52 bits per heavy atom. The lowest BCUT2D eigenvalue weighted by Gasteiger charge is -2.45. The lowest BCUT2D eigenvalue weighted by molar-refractivity contribution is -0.137. The average Bonchev–Trinajstić information content (AvgIpc) is 3.54. The highest BCUT2D eigenvalue weighted by atomic mass is 16.5. The predicted molar refractivity (Wildman–Crippen MR) is 118 cm³/mol. The number of methoxy groups -OCH3 is 1. The fourth-order valence-corrected chi connectivity index (χ4v) is 5.12. The molecule has 4 rings (SSSR count). The van der Waals surface area contributed by atoms with Crippen molar-refractivity contribution >= 4 is 11.7 Å². The molecule has 2 fully saturated rings. The highest BCUT2D eigenvalue weighted by Gasteiger charge is 2.39. The molecule has 3 heterocycles. The second-order valence-electron chi connectivity index (χ2n) is 9.91. The first-order valence-corrected chi connectivity index (χ1v) is 11.4. The number of nitrogens with zero attached hydrogens (tertiary/aromatic N) is 4. The van der Waals surface area contributed by atoms with Crippen LogP contribution in [0.5, 0.6) is 0 Å². The van der Waals surface area contributed by atoms with Gasteiger partial charge in [0.2, 0.25) is 5.91 Å². The molecule has 7 nitrogen and oxygen atoms in total. The summed E-state index contributed by atoms with van der Waals surface area (Å²) in [6, 6.07) is 2.57. The Labute approximate surface area is 185 Å². The van der Waals surface area contributed by atoms with Gasteiger partial charge in [-0.05, 0) is 46.1 Å². The molecule has 0 spiro atoms. The lowest BCUT2D eigenvalue weighted by Crippen LogP contribution is -2.59. The molecule has 1 aromatic rings. The third kappa shape index (κ3) is 4.28. The average molecular weight is 427 g/mol. The molecule has 0 unspecified atom stereocenters. The Kier molecular flexibility index (Phi) is 5.97. The van der Waals surface area contributed by atoms with Crippen molar-refractivity contribution in [3.8, 4) is 6.07 Å². The largest absolute Gasteiger partial charge is 0.384 e. The number of pyridine rings is 1. The number of ether oxygens (including phenoxy) is 2. The first-order valence-electron chi connectivity index (χ1n) is 11.4. The van der Waals surface area contributed by atoms with E-state index in [1.54, 1.807) is 7.11 Å². The van der Waals surface area contributed by atoms with Crippen molar-refractivity contribution in [1.82, 2.24) is 9.88 Å². The normalized spacial score (nSPS) is 25.2. The monoisotopic (exact) mass is 426 g/mol. The first kappa shape index (κ1) is 22.0. The van der Waals surface area contributed by atoms with Crippen molar-refractivity contribution in [2.24, 2.45) is 0 Å². The smallest absolute Gasteiger partial charge is 0.225 e. The van der Waals surface area contributed by atoms with Crippen LogP contribution in [0.1, 0.15) is 75.3 Å². The van der Waals surface area contributed by atoms with Gasteiger partial charge in [0.05, 0.1) is 36.5 Å². The zero-order chi connectivity index (χ0) is 22.3. The molecule has 1 saturated carbocycles. The van der Waals surface area contributed by atoms with Crippen LogP contribution in [0.4, 0.5) is 5.82 Å². The van der Waals surface area contributed by atoms with Crippen LogP contribution >= 0.6 is 0 Å². The van der Waals surface area contributed by atoms with Gasteiger partial charge in [0, 0.05) is 50.2 Å². The summed E-state index contributed by atoms with van der Waals surface area (Å²) in [4.78, 5) is 22.0. The topological polar surface area (TPSA) is 78.7 Å². The van der Waals surface area contributed by atoms with Gasteiger partial charge in [0.15, 0.2) is 0 Å². The molecule has 0 aromatic carbocycles. The van der Waals surface area contributed by atoms with E-state index in [1.807, 2.05) is 4.90 Å². The fraction of sp³-hybridized carbons (Fsp3) is 0.708. The van der Waals surface area contributed by atoms with Crippen molar-refractivity contribution in [3.63, 3.8) is 0 Å². The van der Waals surface area contributed by atoms with Crippen LogP contribution in [0.25, 0.3) is 0 Å². The van der Waals surface area contributed by atoms with Gasteiger partial charge in [-0.3, -0.25) is 4.79 Å². The SMILES string of the molecule is COCCC(=O)N1[C@H](C)CN(c2nc(C3CC3)c3c(c2C#N)CC(C)(C)OC3)C[C@@H]1C. The minimum absolute atomic E-state index is 0.0432. The van der Waals surface area contributed by atoms with Gasteiger partial charge < -0.3 is 19.3 Å². The number of carbonyl (C=O) groups excluding carboxylic acids is 1. The van der Waals surface area contributed by atoms with Crippen LogP contribution in [0.15, 0.2) is 0 Å². The highest BCUT2D eigenvalue weighted by molar-refractivity contribution is 5.77. The molecule has 168 valence electrons. The van der Waals surface area contributed by atoms with E-state index in [9.17, 15) is 10.1 Å². The van der Waals surface area contributed by atoms with Gasteiger partial charge in [-0.1, -0.05) is 0 Å². The van der Waals surface area contributed by atoms with Crippen LogP contribution in [-0.4, -0.2) is 60.3 Å². The number of rotatable bonds is 5. The zero-order valence-corrected chi connectivity index (χ0v) is 19.4. The molecular formula is C24H34N4O3. The van der Waals surface area contributed by atoms with E-state index in [2.05, 4.69) is 38.7 Å². The summed E-state index contributed by atoms with van der Waals surface area (Å²) in [5.74, 6) is 1.40. The molecule has 1 amide bonds. The van der Waals surface area contributed by atoms with E-state index in [4.69, 9.17) is 14.5 Å². The first-order chi connectivity index (χ1) is 14.8. The summed E-state index contributed by atoms with van der Waals surface area (Å²) in [6.45, 7) is 10.6. The molecule has 0 radical (unpaired) electrons. The summed E-state index contributed by atoms with van der Waals surface area (Å²) in [5.41, 5.74) is 3.78. The minimum Gasteiger partial charge on any atom is -0.384 e. The lowest BCUT2D eigenvalue weighted by atomic mass is 9.87. The molecule has 7 heteroatoms. The van der Waals surface area contributed by atoms with E-state index in [0.29, 0.717) is 44.2 Å². The quantitative estimate of drug-likeness (QED) is 0.720. The Morgan fingerprint density at radius 2 is 1.94 bits per heavy atom. The molecule has 0 N–H and O–H groups in total. The zero-order valence-electron chi connectivity index (χ0n) is 19.4. The Morgan fingerprint density at radius 1 is 1.26 bits per heavy atom. The van der Waals surface area contributed by atoms with Crippen molar-refractivity contribution in [3.05, 3.63) is 22.4 Å². The van der Waals surface area contributed by atoms with E-state index in [0.717, 1.165) is 41.9 Å². The number of hydrogen-bond acceptors (Lipinski definition) is 6. The molecule has 1 aliphatic carbocycles. The van der Waals surface area contributed by atoms with E-state index < -0.39 is 0 Å². The summed E-state index contributed by atoms with van der Waals surface area (Å²) < 4.78 is 11.2. The summed E-state index contributed by atoms with van der Waals surface area (Å²) in [6.07, 6.45) is 3.43. The van der Waals surface area contributed by atoms with E-state index in [-0.39, 0.29) is 23.6 Å². The van der Waals surface area contributed by atoms with Gasteiger partial charge in [-0.25, -0.2) is 4.98 Å². The number of fused-ring (bicyclic) bond motifs is 1. The van der Waals surface area contributed by atoms with Gasteiger partial charge >= 0.3 is 0 Å². The number of anilines is 1. The number of hydrogen-bond donors (Lipinski definition) is 0. The minimum atomic E-state index is -0.287. The van der Waals surface area contributed by atoms with Crippen LogP contribution in [0.3, 0.4) is 0 Å². The van der Waals surface area contributed by atoms with Gasteiger partial charge in [0.25, 0.3) is 0 Å². The van der Waals surface area contributed by atoms with E-state index >= 15 is 0 Å². The van der Waals surface area contributed by atoms with Crippen molar-refractivity contribution in [2.45, 2.75) is 83.6 Å². The van der Waals surface area contributed by atoms with Gasteiger partial charge in [0.1, 0.15) is 11.9 Å². The van der Waals surface area contributed by atoms with Gasteiger partial charge in [-0.15, -0.1) is 0 Å².